The minimum atomic E-state index is 0.604. The van der Waals surface area contributed by atoms with Gasteiger partial charge in [-0.1, -0.05) is 29.6 Å². The van der Waals surface area contributed by atoms with Gasteiger partial charge in [0, 0.05) is 18.3 Å². The molecule has 0 spiro atoms. The molecule has 17 heavy (non-hydrogen) atoms. The maximum absolute atomic E-state index is 5.98. The lowest BCUT2D eigenvalue weighted by Gasteiger charge is -2.32. The van der Waals surface area contributed by atoms with Crippen LogP contribution in [0, 0.1) is 0 Å². The van der Waals surface area contributed by atoms with Crippen LogP contribution in [0.25, 0.3) is 0 Å². The number of piperidine rings is 1. The second-order valence-electron chi connectivity index (χ2n) is 4.64. The quantitative estimate of drug-likeness (QED) is 0.898. The summed E-state index contributed by atoms with van der Waals surface area (Å²) in [7, 11) is 2.19. The summed E-state index contributed by atoms with van der Waals surface area (Å²) in [6, 6.07) is 6.30. The van der Waals surface area contributed by atoms with Crippen LogP contribution in [0.15, 0.2) is 18.2 Å². The molecule has 1 heterocycles. The first-order chi connectivity index (χ1) is 8.16. The Morgan fingerprint density at radius 1 is 1.29 bits per heavy atom. The fourth-order valence-electron chi connectivity index (χ4n) is 2.24. The molecule has 1 aromatic rings. The highest BCUT2D eigenvalue weighted by Gasteiger charge is 2.18. The van der Waals surface area contributed by atoms with Gasteiger partial charge in [-0.2, -0.15) is 0 Å². The van der Waals surface area contributed by atoms with E-state index in [4.69, 9.17) is 23.2 Å². The molecule has 2 rings (SSSR count). The first kappa shape index (κ1) is 13.0. The first-order valence-electron chi connectivity index (χ1n) is 6.06. The lowest BCUT2D eigenvalue weighted by Crippen LogP contribution is -2.40. The fraction of sp³-hybridized carbons (Fsp3) is 0.538. The first-order valence-corrected chi connectivity index (χ1v) is 6.81. The monoisotopic (exact) mass is 272 g/mol. The van der Waals surface area contributed by atoms with Gasteiger partial charge in [-0.05, 0) is 44.6 Å². The summed E-state index contributed by atoms with van der Waals surface area (Å²) in [5, 5.41) is 4.64. The van der Waals surface area contributed by atoms with E-state index in [2.05, 4.69) is 17.3 Å². The van der Waals surface area contributed by atoms with Crippen molar-refractivity contribution in [3.05, 3.63) is 28.2 Å². The van der Waals surface area contributed by atoms with Gasteiger partial charge in [0.25, 0.3) is 0 Å². The van der Waals surface area contributed by atoms with E-state index in [0.29, 0.717) is 16.1 Å². The normalized spacial score (nSPS) is 21.5. The van der Waals surface area contributed by atoms with E-state index in [-0.39, 0.29) is 0 Å². The molecule has 1 saturated heterocycles. The van der Waals surface area contributed by atoms with Gasteiger partial charge in [-0.3, -0.25) is 0 Å². The predicted molar refractivity (Wildman–Crippen MR) is 75.2 cm³/mol. The lowest BCUT2D eigenvalue weighted by atomic mass is 10.0. The average Bonchev–Trinajstić information content (AvgIpc) is 2.32. The van der Waals surface area contributed by atoms with Crippen LogP contribution >= 0.6 is 23.2 Å². The molecule has 0 aliphatic carbocycles. The second-order valence-corrected chi connectivity index (χ2v) is 5.45. The van der Waals surface area contributed by atoms with Crippen LogP contribution in [0.3, 0.4) is 0 Å². The van der Waals surface area contributed by atoms with Crippen molar-refractivity contribution in [1.29, 1.82) is 0 Å². The molecule has 1 atom stereocenters. The Balaban J connectivity index is 1.90. The van der Waals surface area contributed by atoms with Gasteiger partial charge in [0.05, 0.1) is 10.0 Å². The Labute approximate surface area is 113 Å². The van der Waals surface area contributed by atoms with E-state index in [1.807, 2.05) is 18.2 Å². The third-order valence-corrected chi connectivity index (χ3v) is 4.12. The van der Waals surface area contributed by atoms with E-state index in [1.54, 1.807) is 0 Å². The van der Waals surface area contributed by atoms with Crippen LogP contribution < -0.4 is 5.32 Å². The van der Waals surface area contributed by atoms with Crippen molar-refractivity contribution >= 4 is 28.9 Å². The number of benzene rings is 1. The molecule has 2 nitrogen and oxygen atoms in total. The van der Waals surface area contributed by atoms with Gasteiger partial charge in [0.2, 0.25) is 0 Å². The third-order valence-electron chi connectivity index (χ3n) is 3.38. The predicted octanol–water partition coefficient (Wildman–Crippen LogP) is 3.89. The van der Waals surface area contributed by atoms with Crippen molar-refractivity contribution < 1.29 is 0 Å². The van der Waals surface area contributed by atoms with Crippen molar-refractivity contribution in [2.45, 2.75) is 25.3 Å². The number of halogens is 2. The maximum atomic E-state index is 5.98. The molecule has 0 aromatic heterocycles. The molecule has 1 aromatic carbocycles. The zero-order chi connectivity index (χ0) is 12.3. The molecular formula is C13H18Cl2N2. The molecule has 1 aliphatic heterocycles. The second kappa shape index (κ2) is 5.94. The number of likely N-dealkylation sites (tertiary alicyclic amines) is 1. The van der Waals surface area contributed by atoms with Crippen molar-refractivity contribution in [2.24, 2.45) is 0 Å². The summed E-state index contributed by atoms with van der Waals surface area (Å²) in [5.74, 6) is 0. The van der Waals surface area contributed by atoms with Gasteiger partial charge in [0.15, 0.2) is 0 Å². The van der Waals surface area contributed by atoms with Crippen molar-refractivity contribution in [1.82, 2.24) is 4.90 Å². The van der Waals surface area contributed by atoms with Crippen LogP contribution in [-0.2, 0) is 0 Å². The minimum Gasteiger partial charge on any atom is -0.383 e. The summed E-state index contributed by atoms with van der Waals surface area (Å²) in [6.07, 6.45) is 3.92. The maximum Gasteiger partial charge on any atom is 0.0612 e. The molecule has 0 bridgehead atoms. The molecule has 0 radical (unpaired) electrons. The molecule has 4 heteroatoms. The zero-order valence-corrected chi connectivity index (χ0v) is 11.6. The Morgan fingerprint density at radius 3 is 2.82 bits per heavy atom. The smallest absolute Gasteiger partial charge is 0.0612 e. The van der Waals surface area contributed by atoms with Gasteiger partial charge in [0.1, 0.15) is 0 Å². The van der Waals surface area contributed by atoms with E-state index < -0.39 is 0 Å². The van der Waals surface area contributed by atoms with Crippen LogP contribution in [0.5, 0.6) is 0 Å². The molecule has 0 amide bonds. The molecular weight excluding hydrogens is 255 g/mol. The average molecular weight is 273 g/mol. The van der Waals surface area contributed by atoms with Gasteiger partial charge < -0.3 is 10.2 Å². The van der Waals surface area contributed by atoms with Gasteiger partial charge >= 0.3 is 0 Å². The highest BCUT2D eigenvalue weighted by atomic mass is 35.5. The van der Waals surface area contributed by atoms with Crippen molar-refractivity contribution in [2.75, 3.05) is 25.5 Å². The highest BCUT2D eigenvalue weighted by Crippen LogP contribution is 2.25. The van der Waals surface area contributed by atoms with Crippen LogP contribution in [0.2, 0.25) is 10.0 Å². The zero-order valence-electron chi connectivity index (χ0n) is 10.0. The van der Waals surface area contributed by atoms with Gasteiger partial charge in [-0.15, -0.1) is 0 Å². The van der Waals surface area contributed by atoms with Crippen LogP contribution in [-0.4, -0.2) is 31.1 Å². The van der Waals surface area contributed by atoms with Gasteiger partial charge in [-0.25, -0.2) is 0 Å². The van der Waals surface area contributed by atoms with Crippen LogP contribution in [0.4, 0.5) is 5.69 Å². The number of hydrogen-bond donors (Lipinski definition) is 1. The number of rotatable bonds is 3. The lowest BCUT2D eigenvalue weighted by molar-refractivity contribution is 0.194. The third kappa shape index (κ3) is 3.51. The molecule has 1 aliphatic rings. The number of nitrogens with zero attached hydrogens (tertiary/aromatic N) is 1. The minimum absolute atomic E-state index is 0.604. The Bertz CT molecular complexity index is 382. The number of likely N-dealkylation sites (N-methyl/N-ethyl adjacent to an activating group) is 1. The standard InChI is InChI=1S/C13H18Cl2N2/c1-17-7-3-2-4-11(17)9-16-10-5-6-12(14)13(15)8-10/h5-6,8,11,16H,2-4,7,9H2,1H3. The van der Waals surface area contributed by atoms with Crippen molar-refractivity contribution in [3.8, 4) is 0 Å². The Morgan fingerprint density at radius 2 is 2.12 bits per heavy atom. The highest BCUT2D eigenvalue weighted by molar-refractivity contribution is 6.42. The SMILES string of the molecule is CN1CCCCC1CNc1ccc(Cl)c(Cl)c1. The summed E-state index contributed by atoms with van der Waals surface area (Å²) in [4.78, 5) is 2.42. The summed E-state index contributed by atoms with van der Waals surface area (Å²) >= 11 is 11.9. The number of hydrogen-bond acceptors (Lipinski definition) is 2. The molecule has 94 valence electrons. The molecule has 1 fully saturated rings. The molecule has 1 N–H and O–H groups in total. The summed E-state index contributed by atoms with van der Waals surface area (Å²) in [5.41, 5.74) is 1.04. The van der Waals surface area contributed by atoms with E-state index in [1.165, 1.54) is 25.8 Å². The topological polar surface area (TPSA) is 15.3 Å². The Hall–Kier alpha value is -0.440. The fourth-order valence-corrected chi connectivity index (χ4v) is 2.54. The summed E-state index contributed by atoms with van der Waals surface area (Å²) < 4.78 is 0. The van der Waals surface area contributed by atoms with E-state index >= 15 is 0 Å². The molecule has 1 unspecified atom stereocenters. The largest absolute Gasteiger partial charge is 0.383 e. The van der Waals surface area contributed by atoms with Crippen molar-refractivity contribution in [3.63, 3.8) is 0 Å². The van der Waals surface area contributed by atoms with E-state index in [9.17, 15) is 0 Å². The van der Waals surface area contributed by atoms with Crippen LogP contribution in [0.1, 0.15) is 19.3 Å². The summed E-state index contributed by atoms with van der Waals surface area (Å²) in [6.45, 7) is 2.17. The number of anilines is 1. The van der Waals surface area contributed by atoms with E-state index in [0.717, 1.165) is 12.2 Å². The number of nitrogens with one attached hydrogen (secondary N) is 1. The molecule has 0 saturated carbocycles. The Kier molecular flexibility index (Phi) is 4.55.